The van der Waals surface area contributed by atoms with Crippen molar-refractivity contribution in [3.8, 4) is 0 Å². The van der Waals surface area contributed by atoms with Crippen LogP contribution in [0.25, 0.3) is 0 Å². The lowest BCUT2D eigenvalue weighted by molar-refractivity contribution is -0.142. The number of halogens is 4. The van der Waals surface area contributed by atoms with Gasteiger partial charge in [0.2, 0.25) is 5.91 Å². The first kappa shape index (κ1) is 28.0. The van der Waals surface area contributed by atoms with Crippen LogP contribution < -0.4 is 5.32 Å². The number of benzene rings is 3. The van der Waals surface area contributed by atoms with Gasteiger partial charge >= 0.3 is 6.18 Å². The van der Waals surface area contributed by atoms with E-state index in [1.165, 1.54) is 17.5 Å². The summed E-state index contributed by atoms with van der Waals surface area (Å²) in [6.07, 6.45) is 0.750. The molecule has 1 heterocycles. The maximum atomic E-state index is 13.9. The molecule has 0 bridgehead atoms. The van der Waals surface area contributed by atoms with Gasteiger partial charge in [0.05, 0.1) is 11.0 Å². The average Bonchev–Trinajstić information content (AvgIpc) is 3.30. The van der Waals surface area contributed by atoms with E-state index in [9.17, 15) is 22.4 Å². The van der Waals surface area contributed by atoms with Crippen molar-refractivity contribution in [2.75, 3.05) is 13.1 Å². The van der Waals surface area contributed by atoms with Crippen LogP contribution >= 0.6 is 0 Å². The standard InChI is InChI=1S/C34H36F4N2O/c1-23-22-40(14-13-33(23)12-11-26-9-5-6-10-30(26)33)29-19-32(20-29,18-24-7-3-2-4-8-24)31(41)39-21-25-15-27(34(36,37)38)17-28(35)16-25/h2-10,15-17,23,29H,11-14,18-22H2,1H3,(H,39,41)/t23-,29?,32?,33-/m0/s1. The second-order valence-electron chi connectivity index (χ2n) is 12.5. The summed E-state index contributed by atoms with van der Waals surface area (Å²) in [6.45, 7) is 4.20. The first-order chi connectivity index (χ1) is 19.6. The topological polar surface area (TPSA) is 32.3 Å². The van der Waals surface area contributed by atoms with E-state index in [1.807, 2.05) is 30.3 Å². The van der Waals surface area contributed by atoms with Crippen molar-refractivity contribution < 1.29 is 22.4 Å². The van der Waals surface area contributed by atoms with E-state index in [0.29, 0.717) is 31.2 Å². The minimum Gasteiger partial charge on any atom is -0.352 e. The first-order valence-corrected chi connectivity index (χ1v) is 14.6. The number of piperidine rings is 1. The lowest BCUT2D eigenvalue weighted by Crippen LogP contribution is -2.61. The lowest BCUT2D eigenvalue weighted by atomic mass is 9.60. The Hall–Kier alpha value is -3.19. The summed E-state index contributed by atoms with van der Waals surface area (Å²) in [4.78, 5) is 16.2. The summed E-state index contributed by atoms with van der Waals surface area (Å²) in [7, 11) is 0. The minimum atomic E-state index is -4.65. The number of likely N-dealkylation sites (tertiary alicyclic amines) is 1. The summed E-state index contributed by atoms with van der Waals surface area (Å²) < 4.78 is 53.5. The molecule has 0 radical (unpaired) electrons. The molecule has 3 aromatic carbocycles. The second kappa shape index (κ2) is 10.6. The molecule has 0 aromatic heterocycles. The van der Waals surface area contributed by atoms with Gasteiger partial charge in [0.15, 0.2) is 0 Å². The van der Waals surface area contributed by atoms with Gasteiger partial charge < -0.3 is 5.32 Å². The maximum absolute atomic E-state index is 13.9. The van der Waals surface area contributed by atoms with Gasteiger partial charge in [0, 0.05) is 24.5 Å². The van der Waals surface area contributed by atoms with Crippen LogP contribution in [-0.2, 0) is 35.8 Å². The van der Waals surface area contributed by atoms with Crippen molar-refractivity contribution >= 4 is 5.91 Å². The molecule has 7 heteroatoms. The van der Waals surface area contributed by atoms with Crippen LogP contribution in [0, 0.1) is 17.2 Å². The highest BCUT2D eigenvalue weighted by Crippen LogP contribution is 2.52. The summed E-state index contributed by atoms with van der Waals surface area (Å²) in [5, 5.41) is 2.86. The van der Waals surface area contributed by atoms with E-state index in [0.717, 1.165) is 43.6 Å². The van der Waals surface area contributed by atoms with Crippen molar-refractivity contribution in [3.05, 3.63) is 106 Å². The van der Waals surface area contributed by atoms with Crippen molar-refractivity contribution in [3.63, 3.8) is 0 Å². The molecule has 6 rings (SSSR count). The van der Waals surface area contributed by atoms with E-state index >= 15 is 0 Å². The Morgan fingerprint density at radius 3 is 2.44 bits per heavy atom. The molecule has 1 saturated heterocycles. The smallest absolute Gasteiger partial charge is 0.352 e. The van der Waals surface area contributed by atoms with Gasteiger partial charge in [-0.05, 0) is 91.4 Å². The Morgan fingerprint density at radius 1 is 0.976 bits per heavy atom. The number of amides is 1. The van der Waals surface area contributed by atoms with Crippen molar-refractivity contribution in [1.82, 2.24) is 10.2 Å². The van der Waals surface area contributed by atoms with Gasteiger partial charge in [-0.3, -0.25) is 9.69 Å². The largest absolute Gasteiger partial charge is 0.416 e. The molecule has 3 aromatic rings. The Bertz CT molecular complexity index is 1420. The van der Waals surface area contributed by atoms with Crippen molar-refractivity contribution in [2.45, 2.75) is 69.6 Å². The number of hydrogen-bond donors (Lipinski definition) is 1. The molecule has 2 atom stereocenters. The fraction of sp³-hybridized carbons (Fsp3) is 0.441. The predicted octanol–water partition coefficient (Wildman–Crippen LogP) is 7.08. The molecular formula is C34H36F4N2O. The fourth-order valence-electron chi connectivity index (χ4n) is 7.81. The quantitative estimate of drug-likeness (QED) is 0.325. The fourth-order valence-corrected chi connectivity index (χ4v) is 7.81. The van der Waals surface area contributed by atoms with Gasteiger partial charge in [-0.15, -0.1) is 0 Å². The molecule has 216 valence electrons. The van der Waals surface area contributed by atoms with Gasteiger partial charge in [0.25, 0.3) is 0 Å². The molecule has 2 fully saturated rings. The Labute approximate surface area is 239 Å². The summed E-state index contributed by atoms with van der Waals surface area (Å²) >= 11 is 0. The molecule has 41 heavy (non-hydrogen) atoms. The Balaban J connectivity index is 1.15. The van der Waals surface area contributed by atoms with E-state index in [-0.39, 0.29) is 29.5 Å². The number of nitrogens with one attached hydrogen (secondary N) is 1. The number of carbonyl (C=O) groups is 1. The van der Waals surface area contributed by atoms with Crippen LogP contribution in [0.15, 0.2) is 72.8 Å². The highest BCUT2D eigenvalue weighted by Gasteiger charge is 2.54. The number of aryl methyl sites for hydroxylation is 1. The van der Waals surface area contributed by atoms with Gasteiger partial charge in [-0.2, -0.15) is 13.2 Å². The summed E-state index contributed by atoms with van der Waals surface area (Å²) in [5.41, 5.74) is 2.69. The van der Waals surface area contributed by atoms with E-state index in [4.69, 9.17) is 0 Å². The summed E-state index contributed by atoms with van der Waals surface area (Å²) in [5.74, 6) is -0.635. The second-order valence-corrected chi connectivity index (χ2v) is 12.5. The zero-order valence-corrected chi connectivity index (χ0v) is 23.3. The molecule has 1 saturated carbocycles. The van der Waals surface area contributed by atoms with Crippen molar-refractivity contribution in [1.29, 1.82) is 0 Å². The van der Waals surface area contributed by atoms with Crippen LogP contribution in [0.1, 0.15) is 60.4 Å². The van der Waals surface area contributed by atoms with Gasteiger partial charge in [-0.1, -0.05) is 61.5 Å². The molecule has 1 amide bonds. The van der Waals surface area contributed by atoms with E-state index in [2.05, 4.69) is 41.4 Å². The molecule has 3 aliphatic rings. The Kier molecular flexibility index (Phi) is 7.21. The SMILES string of the molecule is C[C@H]1CN(C2CC(Cc3ccccc3)(C(=O)NCc3cc(F)cc(C(F)(F)F)c3)C2)CC[C@@]12CCc1ccccc12. The monoisotopic (exact) mass is 564 g/mol. The molecular weight excluding hydrogens is 528 g/mol. The molecule has 1 spiro atoms. The zero-order chi connectivity index (χ0) is 28.8. The minimum absolute atomic E-state index is 0.100. The van der Waals surface area contributed by atoms with E-state index < -0.39 is 23.0 Å². The first-order valence-electron chi connectivity index (χ1n) is 14.6. The maximum Gasteiger partial charge on any atom is 0.416 e. The predicted molar refractivity (Wildman–Crippen MR) is 151 cm³/mol. The van der Waals surface area contributed by atoms with Crippen LogP contribution in [0.2, 0.25) is 0 Å². The number of fused-ring (bicyclic) bond motifs is 2. The highest BCUT2D eigenvalue weighted by molar-refractivity contribution is 5.84. The number of alkyl halides is 3. The molecule has 3 nitrogen and oxygen atoms in total. The average molecular weight is 565 g/mol. The number of nitrogens with zero attached hydrogens (tertiary/aromatic N) is 1. The molecule has 1 N–H and O–H groups in total. The number of rotatable bonds is 6. The third kappa shape index (κ3) is 5.29. The third-order valence-corrected chi connectivity index (χ3v) is 10.1. The van der Waals surface area contributed by atoms with Crippen LogP contribution in [0.3, 0.4) is 0 Å². The van der Waals surface area contributed by atoms with Crippen LogP contribution in [0.5, 0.6) is 0 Å². The normalized spacial score (nSPS) is 27.8. The molecule has 0 unspecified atom stereocenters. The number of hydrogen-bond acceptors (Lipinski definition) is 2. The van der Waals surface area contributed by atoms with Crippen LogP contribution in [-0.4, -0.2) is 29.9 Å². The van der Waals surface area contributed by atoms with Crippen LogP contribution in [0.4, 0.5) is 17.6 Å². The Morgan fingerprint density at radius 2 is 1.71 bits per heavy atom. The molecule has 2 aliphatic carbocycles. The zero-order valence-electron chi connectivity index (χ0n) is 23.3. The molecule has 1 aliphatic heterocycles. The van der Waals surface area contributed by atoms with E-state index in [1.54, 1.807) is 0 Å². The van der Waals surface area contributed by atoms with Crippen molar-refractivity contribution in [2.24, 2.45) is 11.3 Å². The van der Waals surface area contributed by atoms with Gasteiger partial charge in [0.1, 0.15) is 5.82 Å². The third-order valence-electron chi connectivity index (χ3n) is 10.1. The highest BCUT2D eigenvalue weighted by atomic mass is 19.4. The lowest BCUT2D eigenvalue weighted by Gasteiger charge is -2.55. The van der Waals surface area contributed by atoms with Gasteiger partial charge in [-0.25, -0.2) is 4.39 Å². The summed E-state index contributed by atoms with van der Waals surface area (Å²) in [6, 6.07) is 21.4. The number of carbonyl (C=O) groups excluding carboxylic acids is 1.